The molecule has 6 nitrogen and oxygen atoms in total. The van der Waals surface area contributed by atoms with E-state index in [1.807, 2.05) is 13.8 Å². The highest BCUT2D eigenvalue weighted by Gasteiger charge is 2.04. The van der Waals surface area contributed by atoms with Gasteiger partial charge in [0.25, 0.3) is 0 Å². The second kappa shape index (κ2) is 8.05. The minimum atomic E-state index is 0.177. The molecule has 0 radical (unpaired) electrons. The van der Waals surface area contributed by atoms with Gasteiger partial charge >= 0.3 is 0 Å². The summed E-state index contributed by atoms with van der Waals surface area (Å²) in [6, 6.07) is 0. The van der Waals surface area contributed by atoms with E-state index in [-0.39, 0.29) is 11.4 Å². The summed E-state index contributed by atoms with van der Waals surface area (Å²) in [5.74, 6) is 0.949. The Labute approximate surface area is 113 Å². The number of anilines is 2. The van der Waals surface area contributed by atoms with E-state index >= 15 is 0 Å². The Balaban J connectivity index is 2.46. The largest absolute Gasteiger partial charge is 0.377 e. The van der Waals surface area contributed by atoms with Crippen molar-refractivity contribution in [1.29, 1.82) is 0 Å². The van der Waals surface area contributed by atoms with Crippen LogP contribution in [-0.2, 0) is 4.74 Å². The molecular formula is C11H20ClN5O. The Hall–Kier alpha value is -1.14. The highest BCUT2D eigenvalue weighted by molar-refractivity contribution is 6.28. The molecule has 0 aromatic carbocycles. The third-order valence-electron chi connectivity index (χ3n) is 1.98. The molecule has 0 atom stereocenters. The molecule has 102 valence electrons. The van der Waals surface area contributed by atoms with Crippen LogP contribution in [0.5, 0.6) is 0 Å². The van der Waals surface area contributed by atoms with Crippen molar-refractivity contribution in [3.05, 3.63) is 5.28 Å². The Kier molecular flexibility index (Phi) is 6.67. The Morgan fingerprint density at radius 3 is 2.28 bits per heavy atom. The van der Waals surface area contributed by atoms with Crippen LogP contribution in [0.25, 0.3) is 0 Å². The fourth-order valence-electron chi connectivity index (χ4n) is 1.20. The number of nitrogens with zero attached hydrogens (tertiary/aromatic N) is 3. The molecule has 0 amide bonds. The number of ether oxygens (including phenoxy) is 1. The van der Waals surface area contributed by atoms with Gasteiger partial charge in [0.15, 0.2) is 0 Å². The number of rotatable bonds is 8. The van der Waals surface area contributed by atoms with Gasteiger partial charge in [-0.1, -0.05) is 6.92 Å². The maximum atomic E-state index is 5.82. The average Bonchev–Trinajstić information content (AvgIpc) is 2.31. The van der Waals surface area contributed by atoms with Crippen molar-refractivity contribution in [3.8, 4) is 0 Å². The van der Waals surface area contributed by atoms with Crippen LogP contribution in [0.2, 0.25) is 5.28 Å². The molecular weight excluding hydrogens is 254 g/mol. The minimum Gasteiger partial charge on any atom is -0.377 e. The summed E-state index contributed by atoms with van der Waals surface area (Å²) in [5, 5.41) is 6.29. The molecule has 0 bridgehead atoms. The molecule has 1 aromatic heterocycles. The van der Waals surface area contributed by atoms with Crippen molar-refractivity contribution in [2.24, 2.45) is 0 Å². The normalized spacial score (nSPS) is 10.7. The van der Waals surface area contributed by atoms with Crippen molar-refractivity contribution >= 4 is 23.5 Å². The molecule has 0 aliphatic heterocycles. The first kappa shape index (κ1) is 14.9. The molecule has 1 heterocycles. The standard InChI is InChI=1S/C11H20ClN5O/c1-4-5-13-10-15-9(12)16-11(17-10)14-6-7-18-8(2)3/h8H,4-7H2,1-3H3,(H2,13,14,15,16,17). The van der Waals surface area contributed by atoms with Crippen molar-refractivity contribution < 1.29 is 4.74 Å². The monoisotopic (exact) mass is 273 g/mol. The first-order valence-electron chi connectivity index (χ1n) is 6.12. The van der Waals surface area contributed by atoms with Gasteiger partial charge in [-0.2, -0.15) is 15.0 Å². The maximum absolute atomic E-state index is 5.82. The molecule has 1 rings (SSSR count). The van der Waals surface area contributed by atoms with E-state index < -0.39 is 0 Å². The lowest BCUT2D eigenvalue weighted by Gasteiger charge is -2.09. The van der Waals surface area contributed by atoms with Crippen LogP contribution in [0, 0.1) is 0 Å². The summed E-state index contributed by atoms with van der Waals surface area (Å²) in [6.45, 7) is 8.08. The number of nitrogens with one attached hydrogen (secondary N) is 2. The van der Waals surface area contributed by atoms with E-state index in [1.165, 1.54) is 0 Å². The molecule has 7 heteroatoms. The van der Waals surface area contributed by atoms with Gasteiger partial charge < -0.3 is 15.4 Å². The number of hydrogen-bond donors (Lipinski definition) is 2. The van der Waals surface area contributed by atoms with Gasteiger partial charge in [0.1, 0.15) is 0 Å². The van der Waals surface area contributed by atoms with E-state index in [4.69, 9.17) is 16.3 Å². The molecule has 0 saturated heterocycles. The van der Waals surface area contributed by atoms with Crippen LogP contribution < -0.4 is 10.6 Å². The minimum absolute atomic E-state index is 0.177. The summed E-state index contributed by atoms with van der Waals surface area (Å²) in [5.41, 5.74) is 0. The van der Waals surface area contributed by atoms with E-state index in [1.54, 1.807) is 0 Å². The lowest BCUT2D eigenvalue weighted by molar-refractivity contribution is 0.0870. The van der Waals surface area contributed by atoms with Crippen LogP contribution in [0.4, 0.5) is 11.9 Å². The molecule has 0 unspecified atom stereocenters. The van der Waals surface area contributed by atoms with Crippen molar-refractivity contribution in [2.75, 3.05) is 30.3 Å². The van der Waals surface area contributed by atoms with E-state index in [2.05, 4.69) is 32.5 Å². The predicted octanol–water partition coefficient (Wildman–Crippen LogP) is 2.18. The maximum Gasteiger partial charge on any atom is 0.228 e. The fraction of sp³-hybridized carbons (Fsp3) is 0.727. The van der Waals surface area contributed by atoms with Crippen molar-refractivity contribution in [3.63, 3.8) is 0 Å². The quantitative estimate of drug-likeness (QED) is 0.708. The second-order valence-electron chi connectivity index (χ2n) is 4.02. The molecule has 0 aliphatic carbocycles. The lowest BCUT2D eigenvalue weighted by Crippen LogP contribution is -2.15. The van der Waals surface area contributed by atoms with Gasteiger partial charge in [0, 0.05) is 13.1 Å². The summed E-state index contributed by atoms with van der Waals surface area (Å²) in [7, 11) is 0. The van der Waals surface area contributed by atoms with Gasteiger partial charge in [-0.25, -0.2) is 0 Å². The summed E-state index contributed by atoms with van der Waals surface area (Å²) in [6.07, 6.45) is 1.21. The topological polar surface area (TPSA) is 72.0 Å². The third kappa shape index (κ3) is 5.97. The highest BCUT2D eigenvalue weighted by atomic mass is 35.5. The molecule has 0 fully saturated rings. The molecule has 18 heavy (non-hydrogen) atoms. The molecule has 0 spiro atoms. The van der Waals surface area contributed by atoms with Crippen LogP contribution in [0.15, 0.2) is 0 Å². The van der Waals surface area contributed by atoms with Gasteiger partial charge in [-0.05, 0) is 31.9 Å². The van der Waals surface area contributed by atoms with Gasteiger partial charge in [0.05, 0.1) is 12.7 Å². The van der Waals surface area contributed by atoms with Crippen LogP contribution in [-0.4, -0.2) is 40.8 Å². The second-order valence-corrected chi connectivity index (χ2v) is 4.36. The van der Waals surface area contributed by atoms with Crippen LogP contribution in [0.1, 0.15) is 27.2 Å². The Bertz CT molecular complexity index is 361. The average molecular weight is 274 g/mol. The first-order chi connectivity index (χ1) is 8.61. The summed E-state index contributed by atoms with van der Waals surface area (Å²) in [4.78, 5) is 12.2. The Morgan fingerprint density at radius 2 is 1.72 bits per heavy atom. The van der Waals surface area contributed by atoms with Crippen molar-refractivity contribution in [2.45, 2.75) is 33.3 Å². The van der Waals surface area contributed by atoms with Gasteiger partial charge in [0.2, 0.25) is 17.2 Å². The first-order valence-corrected chi connectivity index (χ1v) is 6.50. The van der Waals surface area contributed by atoms with E-state index in [0.29, 0.717) is 25.0 Å². The van der Waals surface area contributed by atoms with E-state index in [0.717, 1.165) is 13.0 Å². The highest BCUT2D eigenvalue weighted by Crippen LogP contribution is 2.09. The molecule has 0 saturated carbocycles. The number of hydrogen-bond acceptors (Lipinski definition) is 6. The van der Waals surface area contributed by atoms with Crippen LogP contribution >= 0.6 is 11.6 Å². The zero-order chi connectivity index (χ0) is 13.4. The number of aromatic nitrogens is 3. The lowest BCUT2D eigenvalue weighted by atomic mass is 10.5. The van der Waals surface area contributed by atoms with Crippen molar-refractivity contribution in [1.82, 2.24) is 15.0 Å². The zero-order valence-corrected chi connectivity index (χ0v) is 11.8. The number of halogens is 1. The summed E-state index contributed by atoms with van der Waals surface area (Å²) < 4.78 is 5.41. The zero-order valence-electron chi connectivity index (χ0n) is 11.0. The van der Waals surface area contributed by atoms with Gasteiger partial charge in [-0.15, -0.1) is 0 Å². The third-order valence-corrected chi connectivity index (χ3v) is 2.15. The smallest absolute Gasteiger partial charge is 0.228 e. The van der Waals surface area contributed by atoms with E-state index in [9.17, 15) is 0 Å². The SMILES string of the molecule is CCCNc1nc(Cl)nc(NCCOC(C)C)n1. The summed E-state index contributed by atoms with van der Waals surface area (Å²) >= 11 is 5.82. The molecule has 1 aromatic rings. The Morgan fingerprint density at radius 1 is 1.11 bits per heavy atom. The molecule has 2 N–H and O–H groups in total. The van der Waals surface area contributed by atoms with Gasteiger partial charge in [-0.3, -0.25) is 0 Å². The predicted molar refractivity (Wildman–Crippen MR) is 73.2 cm³/mol. The van der Waals surface area contributed by atoms with Crippen LogP contribution in [0.3, 0.4) is 0 Å². The fourth-order valence-corrected chi connectivity index (χ4v) is 1.36. The molecule has 0 aliphatic rings.